The van der Waals surface area contributed by atoms with Crippen LogP contribution in [0.3, 0.4) is 0 Å². The molecule has 2 aromatic carbocycles. The molecule has 1 saturated heterocycles. The van der Waals surface area contributed by atoms with E-state index in [0.29, 0.717) is 11.5 Å². The first-order valence-electron chi connectivity index (χ1n) is 9.67. The maximum Gasteiger partial charge on any atom is 0.416 e. The van der Waals surface area contributed by atoms with Gasteiger partial charge < -0.3 is 10.1 Å². The van der Waals surface area contributed by atoms with E-state index in [4.69, 9.17) is 4.74 Å². The highest BCUT2D eigenvalue weighted by Gasteiger charge is 2.32. The first kappa shape index (κ1) is 20.6. The number of benzene rings is 2. The van der Waals surface area contributed by atoms with E-state index in [1.54, 1.807) is 12.1 Å². The second-order valence-corrected chi connectivity index (χ2v) is 7.23. The Hall–Kier alpha value is -2.11. The number of ether oxygens (including phenoxy) is 1. The highest BCUT2D eigenvalue weighted by Crippen LogP contribution is 2.33. The summed E-state index contributed by atoms with van der Waals surface area (Å²) < 4.78 is 45.7. The summed E-state index contributed by atoms with van der Waals surface area (Å²) in [5.74, 6) is 0.356. The lowest BCUT2D eigenvalue weighted by Gasteiger charge is -2.33. The van der Waals surface area contributed by atoms with E-state index >= 15 is 0 Å². The quantitative estimate of drug-likeness (QED) is 0.626. The summed E-state index contributed by atoms with van der Waals surface area (Å²) in [4.78, 5) is 0. The Labute approximate surface area is 164 Å². The molecule has 0 aliphatic carbocycles. The van der Waals surface area contributed by atoms with E-state index in [0.717, 1.165) is 50.0 Å². The first-order valence-corrected chi connectivity index (χ1v) is 9.67. The fourth-order valence-corrected chi connectivity index (χ4v) is 3.74. The smallest absolute Gasteiger partial charge is 0.366 e. The van der Waals surface area contributed by atoms with Crippen LogP contribution < -0.4 is 5.32 Å². The third kappa shape index (κ3) is 5.46. The van der Waals surface area contributed by atoms with Crippen LogP contribution in [0.2, 0.25) is 0 Å². The molecule has 1 fully saturated rings. The number of piperidine rings is 1. The van der Waals surface area contributed by atoms with Gasteiger partial charge in [0.15, 0.2) is 0 Å². The standard InChI is InChI=1S/C23H26F3NO/c1-2-21(19-9-6-10-20(16-19)23(24,25)26)28-22(18-11-13-27-14-12-18)15-17-7-4-3-5-8-17/h2-10,16,18,21-22,27H,1,11-15H2. The fraction of sp³-hybridized carbons (Fsp3) is 0.391. The first-order chi connectivity index (χ1) is 13.5. The van der Waals surface area contributed by atoms with Gasteiger partial charge in [0.2, 0.25) is 0 Å². The maximum atomic E-state index is 13.1. The van der Waals surface area contributed by atoms with Crippen LogP contribution in [0.25, 0.3) is 0 Å². The molecule has 2 unspecified atom stereocenters. The number of nitrogens with one attached hydrogen (secondary N) is 1. The van der Waals surface area contributed by atoms with Crippen molar-refractivity contribution in [3.05, 3.63) is 83.9 Å². The Morgan fingerprint density at radius 3 is 2.43 bits per heavy atom. The predicted octanol–water partition coefficient (Wildman–Crippen LogP) is 5.56. The molecule has 0 bridgehead atoms. The van der Waals surface area contributed by atoms with Gasteiger partial charge in [-0.15, -0.1) is 6.58 Å². The summed E-state index contributed by atoms with van der Waals surface area (Å²) in [5.41, 5.74) is 0.983. The zero-order valence-electron chi connectivity index (χ0n) is 15.8. The summed E-state index contributed by atoms with van der Waals surface area (Å²) in [5, 5.41) is 3.36. The van der Waals surface area contributed by atoms with Crippen molar-refractivity contribution >= 4 is 0 Å². The van der Waals surface area contributed by atoms with Crippen molar-refractivity contribution in [1.29, 1.82) is 0 Å². The van der Waals surface area contributed by atoms with Crippen molar-refractivity contribution in [2.75, 3.05) is 13.1 Å². The topological polar surface area (TPSA) is 21.3 Å². The Morgan fingerprint density at radius 1 is 1.07 bits per heavy atom. The zero-order valence-corrected chi connectivity index (χ0v) is 15.8. The molecule has 1 aliphatic heterocycles. The van der Waals surface area contributed by atoms with Crippen LogP contribution in [0, 0.1) is 5.92 Å². The van der Waals surface area contributed by atoms with Gasteiger partial charge in [-0.3, -0.25) is 0 Å². The van der Waals surface area contributed by atoms with Gasteiger partial charge >= 0.3 is 6.18 Å². The Morgan fingerprint density at radius 2 is 1.79 bits per heavy atom. The number of hydrogen-bond donors (Lipinski definition) is 1. The highest BCUT2D eigenvalue weighted by molar-refractivity contribution is 5.29. The third-order valence-electron chi connectivity index (χ3n) is 5.27. The average Bonchev–Trinajstić information content (AvgIpc) is 2.72. The van der Waals surface area contributed by atoms with Gasteiger partial charge in [0.05, 0.1) is 11.7 Å². The van der Waals surface area contributed by atoms with Crippen LogP contribution in [0.1, 0.15) is 35.6 Å². The van der Waals surface area contributed by atoms with Crippen molar-refractivity contribution < 1.29 is 17.9 Å². The summed E-state index contributed by atoms with van der Waals surface area (Å²) in [7, 11) is 0. The molecule has 2 nitrogen and oxygen atoms in total. The Bertz CT molecular complexity index is 754. The molecule has 1 heterocycles. The van der Waals surface area contributed by atoms with Gasteiger partial charge in [-0.1, -0.05) is 48.5 Å². The zero-order chi connectivity index (χ0) is 20.0. The van der Waals surface area contributed by atoms with Gasteiger partial charge in [-0.2, -0.15) is 13.2 Å². The monoisotopic (exact) mass is 389 g/mol. The summed E-state index contributed by atoms with van der Waals surface area (Å²) in [6.07, 6.45) is -0.731. The molecule has 5 heteroatoms. The minimum Gasteiger partial charge on any atom is -0.366 e. The lowest BCUT2D eigenvalue weighted by molar-refractivity contribution is -0.137. The van der Waals surface area contributed by atoms with Crippen molar-refractivity contribution in [3.8, 4) is 0 Å². The normalized spacial score (nSPS) is 17.8. The molecule has 0 amide bonds. The van der Waals surface area contributed by atoms with Crippen LogP contribution in [0.15, 0.2) is 67.3 Å². The maximum absolute atomic E-state index is 13.1. The van der Waals surface area contributed by atoms with Gasteiger partial charge in [0.1, 0.15) is 6.10 Å². The molecule has 1 N–H and O–H groups in total. The molecule has 2 atom stereocenters. The van der Waals surface area contributed by atoms with Crippen LogP contribution >= 0.6 is 0 Å². The van der Waals surface area contributed by atoms with Crippen LogP contribution in [0.4, 0.5) is 13.2 Å². The average molecular weight is 389 g/mol. The third-order valence-corrected chi connectivity index (χ3v) is 5.27. The summed E-state index contributed by atoms with van der Waals surface area (Å²) >= 11 is 0. The van der Waals surface area contributed by atoms with Crippen LogP contribution in [-0.2, 0) is 17.3 Å². The molecule has 2 aromatic rings. The van der Waals surface area contributed by atoms with E-state index in [1.807, 2.05) is 18.2 Å². The largest absolute Gasteiger partial charge is 0.416 e. The molecule has 28 heavy (non-hydrogen) atoms. The Kier molecular flexibility index (Phi) is 6.92. The molecule has 150 valence electrons. The molecule has 0 saturated carbocycles. The summed E-state index contributed by atoms with van der Waals surface area (Å²) in [6.45, 7) is 5.68. The molecule has 3 rings (SSSR count). The van der Waals surface area contributed by atoms with E-state index in [1.165, 1.54) is 6.07 Å². The second-order valence-electron chi connectivity index (χ2n) is 7.23. The fourth-order valence-electron chi connectivity index (χ4n) is 3.74. The minimum absolute atomic E-state index is 0.0814. The second kappa shape index (κ2) is 9.39. The van der Waals surface area contributed by atoms with Crippen LogP contribution in [0.5, 0.6) is 0 Å². The molecule has 0 aromatic heterocycles. The van der Waals surface area contributed by atoms with Gasteiger partial charge in [-0.05, 0) is 61.5 Å². The van der Waals surface area contributed by atoms with Crippen molar-refractivity contribution in [2.24, 2.45) is 5.92 Å². The van der Waals surface area contributed by atoms with Crippen molar-refractivity contribution in [2.45, 2.75) is 37.6 Å². The minimum atomic E-state index is -4.37. The van der Waals surface area contributed by atoms with Crippen molar-refractivity contribution in [3.63, 3.8) is 0 Å². The van der Waals surface area contributed by atoms with Crippen molar-refractivity contribution in [1.82, 2.24) is 5.32 Å². The number of rotatable bonds is 7. The van der Waals surface area contributed by atoms with Gasteiger partial charge in [-0.25, -0.2) is 0 Å². The van der Waals surface area contributed by atoms with E-state index in [9.17, 15) is 13.2 Å². The summed E-state index contributed by atoms with van der Waals surface area (Å²) in [6, 6.07) is 15.4. The predicted molar refractivity (Wildman–Crippen MR) is 105 cm³/mol. The number of alkyl halides is 3. The molecular formula is C23H26F3NO. The molecule has 0 spiro atoms. The molecule has 0 radical (unpaired) electrons. The lowest BCUT2D eigenvalue weighted by atomic mass is 9.88. The van der Waals surface area contributed by atoms with Gasteiger partial charge in [0.25, 0.3) is 0 Å². The molecular weight excluding hydrogens is 363 g/mol. The number of hydrogen-bond acceptors (Lipinski definition) is 2. The highest BCUT2D eigenvalue weighted by atomic mass is 19.4. The van der Waals surface area contributed by atoms with Crippen LogP contribution in [-0.4, -0.2) is 19.2 Å². The van der Waals surface area contributed by atoms with Gasteiger partial charge in [0, 0.05) is 0 Å². The number of halogens is 3. The SMILES string of the molecule is C=CC(OC(Cc1ccccc1)C1CCNCC1)c1cccc(C(F)(F)F)c1. The Balaban J connectivity index is 1.82. The molecule has 1 aliphatic rings. The lowest BCUT2D eigenvalue weighted by Crippen LogP contribution is -2.37. The van der Waals surface area contributed by atoms with E-state index < -0.39 is 17.8 Å². The van der Waals surface area contributed by atoms with E-state index in [2.05, 4.69) is 24.0 Å². The van der Waals surface area contributed by atoms with E-state index in [-0.39, 0.29) is 6.10 Å².